The van der Waals surface area contributed by atoms with Gasteiger partial charge in [-0.05, 0) is 31.2 Å². The third kappa shape index (κ3) is 3.78. The average molecular weight is 280 g/mol. The van der Waals surface area contributed by atoms with Crippen molar-refractivity contribution in [3.8, 4) is 5.75 Å². The highest BCUT2D eigenvalue weighted by Crippen LogP contribution is 2.21. The van der Waals surface area contributed by atoms with Crippen LogP contribution in [0.25, 0.3) is 0 Å². The molecule has 2 aromatic rings. The van der Waals surface area contributed by atoms with Gasteiger partial charge in [0, 0.05) is 18.8 Å². The van der Waals surface area contributed by atoms with E-state index in [9.17, 15) is 8.78 Å². The minimum absolute atomic E-state index is 0.111. The lowest BCUT2D eigenvalue weighted by molar-refractivity contribution is -0.0498. The summed E-state index contributed by atoms with van der Waals surface area (Å²) in [4.78, 5) is 8.41. The molecular weight excluding hydrogens is 266 g/mol. The van der Waals surface area contributed by atoms with Crippen LogP contribution in [0.5, 0.6) is 5.75 Å². The van der Waals surface area contributed by atoms with Crippen LogP contribution in [-0.4, -0.2) is 23.6 Å². The molecule has 0 bridgehead atoms. The normalized spacial score (nSPS) is 10.4. The molecule has 1 heterocycles. The van der Waals surface area contributed by atoms with Crippen LogP contribution in [0.2, 0.25) is 0 Å². The molecule has 0 atom stereocenters. The van der Waals surface area contributed by atoms with Crippen molar-refractivity contribution in [3.63, 3.8) is 0 Å². The van der Waals surface area contributed by atoms with Crippen LogP contribution in [0.15, 0.2) is 30.3 Å². The van der Waals surface area contributed by atoms with E-state index >= 15 is 0 Å². The number of aromatic nitrogens is 2. The van der Waals surface area contributed by atoms with Crippen molar-refractivity contribution >= 4 is 17.3 Å². The lowest BCUT2D eigenvalue weighted by atomic mass is 10.3. The largest absolute Gasteiger partial charge is 0.435 e. The van der Waals surface area contributed by atoms with E-state index in [1.54, 1.807) is 32.2 Å². The number of nitrogens with zero attached hydrogens (tertiary/aromatic N) is 2. The Morgan fingerprint density at radius 2 is 1.75 bits per heavy atom. The number of anilines is 3. The lowest BCUT2D eigenvalue weighted by Crippen LogP contribution is -2.02. The molecule has 0 fully saturated rings. The molecule has 0 amide bonds. The molecule has 0 spiro atoms. The molecule has 0 unspecified atom stereocenters. The number of aryl methyl sites for hydroxylation is 1. The average Bonchev–Trinajstić information content (AvgIpc) is 2.39. The minimum atomic E-state index is -2.82. The first-order chi connectivity index (χ1) is 9.56. The second-order valence-electron chi connectivity index (χ2n) is 3.96. The Bertz CT molecular complexity index is 575. The molecule has 20 heavy (non-hydrogen) atoms. The second kappa shape index (κ2) is 6.14. The Labute approximate surface area is 115 Å². The van der Waals surface area contributed by atoms with E-state index in [1.165, 1.54) is 12.1 Å². The fraction of sp³-hybridized carbons (Fsp3) is 0.231. The molecule has 0 saturated carbocycles. The monoisotopic (exact) mass is 280 g/mol. The Morgan fingerprint density at radius 3 is 2.35 bits per heavy atom. The van der Waals surface area contributed by atoms with Crippen LogP contribution in [0.3, 0.4) is 0 Å². The van der Waals surface area contributed by atoms with Gasteiger partial charge in [0.05, 0.1) is 0 Å². The lowest BCUT2D eigenvalue weighted by Gasteiger charge is -2.09. The first-order valence-electron chi connectivity index (χ1n) is 5.92. The molecule has 0 aliphatic heterocycles. The summed E-state index contributed by atoms with van der Waals surface area (Å²) in [6.45, 7) is -1.04. The number of hydrogen-bond donors (Lipinski definition) is 2. The predicted octanol–water partition coefficient (Wildman–Crippen LogP) is 3.17. The third-order valence-corrected chi connectivity index (χ3v) is 2.45. The van der Waals surface area contributed by atoms with Gasteiger partial charge in [-0.15, -0.1) is 0 Å². The zero-order valence-electron chi connectivity index (χ0n) is 11.0. The van der Waals surface area contributed by atoms with Gasteiger partial charge >= 0.3 is 6.61 Å². The van der Waals surface area contributed by atoms with Crippen LogP contribution in [0, 0.1) is 6.92 Å². The number of halogens is 2. The Kier molecular flexibility index (Phi) is 4.29. The van der Waals surface area contributed by atoms with Crippen molar-refractivity contribution in [2.45, 2.75) is 13.5 Å². The van der Waals surface area contributed by atoms with Gasteiger partial charge in [0.25, 0.3) is 0 Å². The number of alkyl halides is 2. The SMILES string of the molecule is CNc1cc(Nc2ccc(OC(F)F)cc2)nc(C)n1. The Morgan fingerprint density at radius 1 is 1.10 bits per heavy atom. The Balaban J connectivity index is 2.11. The van der Waals surface area contributed by atoms with Crippen LogP contribution in [0.1, 0.15) is 5.82 Å². The fourth-order valence-electron chi connectivity index (χ4n) is 1.63. The predicted molar refractivity (Wildman–Crippen MR) is 72.7 cm³/mol. The van der Waals surface area contributed by atoms with Crippen LogP contribution >= 0.6 is 0 Å². The van der Waals surface area contributed by atoms with E-state index in [0.29, 0.717) is 23.1 Å². The summed E-state index contributed by atoms with van der Waals surface area (Å²) in [6.07, 6.45) is 0. The highest BCUT2D eigenvalue weighted by Gasteiger charge is 2.05. The number of rotatable bonds is 5. The summed E-state index contributed by atoms with van der Waals surface area (Å²) in [5, 5.41) is 6.00. The van der Waals surface area contributed by atoms with Crippen molar-refractivity contribution in [1.82, 2.24) is 9.97 Å². The molecule has 0 aliphatic rings. The topological polar surface area (TPSA) is 59.1 Å². The summed E-state index contributed by atoms with van der Waals surface area (Å²) in [5.41, 5.74) is 0.715. The molecule has 106 valence electrons. The zero-order chi connectivity index (χ0) is 14.5. The highest BCUT2D eigenvalue weighted by molar-refractivity contribution is 5.59. The third-order valence-electron chi connectivity index (χ3n) is 2.45. The summed E-state index contributed by atoms with van der Waals surface area (Å²) < 4.78 is 28.3. The first kappa shape index (κ1) is 14.0. The van der Waals surface area contributed by atoms with Crippen LogP contribution in [-0.2, 0) is 0 Å². The van der Waals surface area contributed by atoms with E-state index in [2.05, 4.69) is 25.3 Å². The van der Waals surface area contributed by atoms with Crippen molar-refractivity contribution in [2.24, 2.45) is 0 Å². The van der Waals surface area contributed by atoms with Crippen molar-refractivity contribution in [1.29, 1.82) is 0 Å². The first-order valence-corrected chi connectivity index (χ1v) is 5.92. The van der Waals surface area contributed by atoms with E-state index in [1.807, 2.05) is 0 Å². The number of nitrogens with one attached hydrogen (secondary N) is 2. The van der Waals surface area contributed by atoms with Crippen molar-refractivity contribution in [2.75, 3.05) is 17.7 Å². The summed E-state index contributed by atoms with van der Waals surface area (Å²) >= 11 is 0. The van der Waals surface area contributed by atoms with Gasteiger partial charge in [0.1, 0.15) is 23.2 Å². The second-order valence-corrected chi connectivity index (χ2v) is 3.96. The molecule has 0 radical (unpaired) electrons. The van der Waals surface area contributed by atoms with Gasteiger partial charge in [-0.2, -0.15) is 8.78 Å². The van der Waals surface area contributed by atoms with Crippen molar-refractivity contribution < 1.29 is 13.5 Å². The maximum absolute atomic E-state index is 12.0. The van der Waals surface area contributed by atoms with E-state index in [0.717, 1.165) is 0 Å². The quantitative estimate of drug-likeness (QED) is 0.881. The number of benzene rings is 1. The van der Waals surface area contributed by atoms with Gasteiger partial charge in [-0.25, -0.2) is 9.97 Å². The molecular formula is C13H14F2N4O. The maximum atomic E-state index is 12.0. The molecule has 5 nitrogen and oxygen atoms in total. The summed E-state index contributed by atoms with van der Waals surface area (Å²) in [7, 11) is 1.77. The van der Waals surface area contributed by atoms with Gasteiger partial charge in [-0.3, -0.25) is 0 Å². The van der Waals surface area contributed by atoms with E-state index < -0.39 is 6.61 Å². The van der Waals surface area contributed by atoms with Gasteiger partial charge in [0.15, 0.2) is 0 Å². The maximum Gasteiger partial charge on any atom is 0.387 e. The number of ether oxygens (including phenoxy) is 1. The van der Waals surface area contributed by atoms with Gasteiger partial charge in [-0.1, -0.05) is 0 Å². The zero-order valence-corrected chi connectivity index (χ0v) is 11.0. The van der Waals surface area contributed by atoms with E-state index in [4.69, 9.17) is 0 Å². The molecule has 0 aliphatic carbocycles. The standard InChI is InChI=1S/C13H14F2N4O/c1-8-17-11(16-2)7-12(18-8)19-9-3-5-10(6-4-9)20-13(14)15/h3-7,13H,1-2H3,(H2,16,17,18,19). The Hall–Kier alpha value is -2.44. The molecule has 0 saturated heterocycles. The fourth-order valence-corrected chi connectivity index (χ4v) is 1.63. The van der Waals surface area contributed by atoms with Gasteiger partial charge < -0.3 is 15.4 Å². The molecule has 2 rings (SSSR count). The number of hydrogen-bond acceptors (Lipinski definition) is 5. The van der Waals surface area contributed by atoms with E-state index in [-0.39, 0.29) is 5.75 Å². The smallest absolute Gasteiger partial charge is 0.387 e. The minimum Gasteiger partial charge on any atom is -0.435 e. The molecule has 1 aromatic carbocycles. The molecule has 1 aromatic heterocycles. The summed E-state index contributed by atoms with van der Waals surface area (Å²) in [5.74, 6) is 2.04. The van der Waals surface area contributed by atoms with Crippen LogP contribution in [0.4, 0.5) is 26.1 Å². The summed E-state index contributed by atoms with van der Waals surface area (Å²) in [6, 6.07) is 7.93. The molecule has 2 N–H and O–H groups in total. The highest BCUT2D eigenvalue weighted by atomic mass is 19.3. The van der Waals surface area contributed by atoms with Crippen molar-refractivity contribution in [3.05, 3.63) is 36.2 Å². The molecule has 7 heteroatoms. The van der Waals surface area contributed by atoms with Gasteiger partial charge in [0.2, 0.25) is 0 Å². The van der Waals surface area contributed by atoms with Crippen LogP contribution < -0.4 is 15.4 Å².